The number of hydrogen-bond donors (Lipinski definition) is 1. The number of carbonyl (C=O) groups excluding carboxylic acids is 1. The van der Waals surface area contributed by atoms with Crippen molar-refractivity contribution < 1.29 is 4.79 Å². The van der Waals surface area contributed by atoms with Crippen molar-refractivity contribution in [2.45, 2.75) is 6.42 Å². The zero-order chi connectivity index (χ0) is 12.3. The summed E-state index contributed by atoms with van der Waals surface area (Å²) in [5, 5.41) is 3.45. The number of carbonyl (C=O) groups is 1. The average Bonchev–Trinajstić information content (AvgIpc) is 2.68. The molecule has 0 spiro atoms. The second-order valence-electron chi connectivity index (χ2n) is 3.75. The van der Waals surface area contributed by atoms with E-state index in [9.17, 15) is 9.59 Å². The monoisotopic (exact) mass is 234 g/mol. The molecule has 1 aliphatic rings. The molecule has 17 heavy (non-hydrogen) atoms. The highest BCUT2D eigenvalue weighted by molar-refractivity contribution is 5.94. The lowest BCUT2D eigenvalue weighted by atomic mass is 10.1. The summed E-state index contributed by atoms with van der Waals surface area (Å²) >= 11 is 0. The quantitative estimate of drug-likeness (QED) is 0.464. The molecule has 2 rings (SSSR count). The maximum Gasteiger partial charge on any atom is 0.346 e. The van der Waals surface area contributed by atoms with Gasteiger partial charge in [-0.1, -0.05) is 5.11 Å². The fourth-order valence-corrected chi connectivity index (χ4v) is 1.81. The molecule has 0 aliphatic carbocycles. The third kappa shape index (κ3) is 2.43. The van der Waals surface area contributed by atoms with Crippen LogP contribution in [-0.2, 0) is 4.79 Å². The summed E-state index contributed by atoms with van der Waals surface area (Å²) in [6, 6.07) is 1.56. The van der Waals surface area contributed by atoms with E-state index < -0.39 is 5.69 Å². The first-order chi connectivity index (χ1) is 8.20. The highest BCUT2D eigenvalue weighted by Gasteiger charge is 2.30. The number of anilines is 1. The normalized spacial score (nSPS) is 19.2. The molecule has 0 aromatic carbocycles. The summed E-state index contributed by atoms with van der Waals surface area (Å²) in [7, 11) is 0. The van der Waals surface area contributed by atoms with Gasteiger partial charge in [-0.2, -0.15) is 0 Å². The number of nitrogens with one attached hydrogen (secondary N) is 1. The Balaban J connectivity index is 2.15. The molecule has 2 heterocycles. The molecule has 1 N–H and O–H groups in total. The maximum absolute atomic E-state index is 11.7. The summed E-state index contributed by atoms with van der Waals surface area (Å²) in [6.07, 6.45) is 1.67. The van der Waals surface area contributed by atoms with Crippen LogP contribution < -0.4 is 10.6 Å². The Hall–Kier alpha value is -2.34. The summed E-state index contributed by atoms with van der Waals surface area (Å²) in [5.74, 6) is 0.332. The molecule has 1 unspecified atom stereocenters. The van der Waals surface area contributed by atoms with Crippen molar-refractivity contribution in [2.75, 3.05) is 18.0 Å². The van der Waals surface area contributed by atoms with Crippen LogP contribution in [0.4, 0.5) is 5.82 Å². The van der Waals surface area contributed by atoms with Crippen LogP contribution in [0.5, 0.6) is 0 Å². The van der Waals surface area contributed by atoms with Crippen molar-refractivity contribution in [1.82, 2.24) is 9.97 Å². The van der Waals surface area contributed by atoms with Crippen LogP contribution >= 0.6 is 0 Å². The van der Waals surface area contributed by atoms with E-state index in [1.54, 1.807) is 6.07 Å². The van der Waals surface area contributed by atoms with E-state index in [0.29, 0.717) is 18.8 Å². The van der Waals surface area contributed by atoms with E-state index in [4.69, 9.17) is 5.53 Å². The van der Waals surface area contributed by atoms with Crippen molar-refractivity contribution in [3.63, 3.8) is 0 Å². The Labute approximate surface area is 95.9 Å². The predicted molar refractivity (Wildman–Crippen MR) is 59.3 cm³/mol. The maximum atomic E-state index is 11.7. The van der Waals surface area contributed by atoms with Gasteiger partial charge < -0.3 is 0 Å². The average molecular weight is 234 g/mol. The molecule has 1 aromatic rings. The van der Waals surface area contributed by atoms with Crippen LogP contribution in [0.1, 0.15) is 6.42 Å². The van der Waals surface area contributed by atoms with Gasteiger partial charge in [-0.25, -0.2) is 9.78 Å². The second-order valence-corrected chi connectivity index (χ2v) is 3.75. The molecule has 8 nitrogen and oxygen atoms in total. The Morgan fingerprint density at radius 2 is 2.47 bits per heavy atom. The Morgan fingerprint density at radius 3 is 3.18 bits per heavy atom. The molecule has 1 atom stereocenters. The topological polar surface area (TPSA) is 115 Å². The van der Waals surface area contributed by atoms with Gasteiger partial charge in [-0.3, -0.25) is 14.7 Å². The van der Waals surface area contributed by atoms with Crippen LogP contribution in [0.3, 0.4) is 0 Å². The lowest BCUT2D eigenvalue weighted by molar-refractivity contribution is -0.117. The molecule has 0 saturated carbocycles. The van der Waals surface area contributed by atoms with E-state index in [1.807, 2.05) is 0 Å². The first-order valence-corrected chi connectivity index (χ1v) is 5.07. The third-order valence-corrected chi connectivity index (χ3v) is 2.56. The number of hydrogen-bond acceptors (Lipinski definition) is 4. The van der Waals surface area contributed by atoms with Crippen molar-refractivity contribution in [1.29, 1.82) is 0 Å². The number of H-pyrrole nitrogens is 1. The van der Waals surface area contributed by atoms with Crippen LogP contribution in [-0.4, -0.2) is 29.0 Å². The molecule has 1 aliphatic heterocycles. The molecule has 0 radical (unpaired) electrons. The first kappa shape index (κ1) is 11.2. The molecule has 1 fully saturated rings. The van der Waals surface area contributed by atoms with Crippen molar-refractivity contribution in [2.24, 2.45) is 11.0 Å². The van der Waals surface area contributed by atoms with Crippen LogP contribution in [0.25, 0.3) is 10.4 Å². The summed E-state index contributed by atoms with van der Waals surface area (Å²) in [5.41, 5.74) is 7.72. The smallest absolute Gasteiger partial charge is 0.298 e. The number of rotatable bonds is 3. The molecule has 1 aromatic heterocycles. The number of amides is 1. The second kappa shape index (κ2) is 4.67. The van der Waals surface area contributed by atoms with E-state index in [2.05, 4.69) is 20.0 Å². The van der Waals surface area contributed by atoms with Gasteiger partial charge in [0.2, 0.25) is 5.91 Å². The standard InChI is InChI=1S/C9H10N6O2/c10-14-12-4-6-3-8(16)15(5-6)7-1-2-11-9(17)13-7/h1-2,6H,3-5H2,(H,11,13,17). The summed E-state index contributed by atoms with van der Waals surface area (Å²) in [4.78, 5) is 32.9. The van der Waals surface area contributed by atoms with E-state index in [0.717, 1.165) is 0 Å². The highest BCUT2D eigenvalue weighted by atomic mass is 16.2. The molecular formula is C9H10N6O2. The van der Waals surface area contributed by atoms with Gasteiger partial charge in [0.05, 0.1) is 0 Å². The molecule has 0 bridgehead atoms. The van der Waals surface area contributed by atoms with Crippen LogP contribution in [0.2, 0.25) is 0 Å². The number of azide groups is 1. The van der Waals surface area contributed by atoms with Gasteiger partial charge in [-0.05, 0) is 17.5 Å². The van der Waals surface area contributed by atoms with Gasteiger partial charge in [0, 0.05) is 30.6 Å². The molecule has 1 amide bonds. The van der Waals surface area contributed by atoms with Crippen molar-refractivity contribution in [3.8, 4) is 0 Å². The van der Waals surface area contributed by atoms with Crippen molar-refractivity contribution in [3.05, 3.63) is 33.2 Å². The zero-order valence-electron chi connectivity index (χ0n) is 8.91. The third-order valence-electron chi connectivity index (χ3n) is 2.56. The molecular weight excluding hydrogens is 224 g/mol. The summed E-state index contributed by atoms with van der Waals surface area (Å²) in [6.45, 7) is 0.728. The van der Waals surface area contributed by atoms with Crippen molar-refractivity contribution >= 4 is 11.7 Å². The fourth-order valence-electron chi connectivity index (χ4n) is 1.81. The Kier molecular flexibility index (Phi) is 3.06. The zero-order valence-corrected chi connectivity index (χ0v) is 8.91. The van der Waals surface area contributed by atoms with Gasteiger partial charge in [-0.15, -0.1) is 0 Å². The van der Waals surface area contributed by atoms with Crippen LogP contribution in [0.15, 0.2) is 22.2 Å². The SMILES string of the molecule is [N-]=[N+]=NCC1CC(=O)N(c2ccnc(=O)[nH]2)C1. The number of nitrogens with zero attached hydrogens (tertiary/aromatic N) is 5. The van der Waals surface area contributed by atoms with Gasteiger partial charge in [0.15, 0.2) is 0 Å². The lowest BCUT2D eigenvalue weighted by Gasteiger charge is -2.14. The minimum absolute atomic E-state index is 0.00457. The van der Waals surface area contributed by atoms with E-state index in [1.165, 1.54) is 11.1 Å². The lowest BCUT2D eigenvalue weighted by Crippen LogP contribution is -2.28. The van der Waals surface area contributed by atoms with Gasteiger partial charge in [0.1, 0.15) is 5.82 Å². The van der Waals surface area contributed by atoms with Crippen LogP contribution in [0, 0.1) is 5.92 Å². The first-order valence-electron chi connectivity index (χ1n) is 5.07. The number of aromatic amines is 1. The number of aromatic nitrogens is 2. The largest absolute Gasteiger partial charge is 0.346 e. The molecule has 8 heteroatoms. The predicted octanol–water partition coefficient (Wildman–Crippen LogP) is 0.433. The Bertz CT molecular complexity index is 532. The minimum atomic E-state index is -0.492. The summed E-state index contributed by atoms with van der Waals surface area (Å²) < 4.78 is 0. The fraction of sp³-hybridized carbons (Fsp3) is 0.444. The van der Waals surface area contributed by atoms with E-state index in [-0.39, 0.29) is 18.4 Å². The minimum Gasteiger partial charge on any atom is -0.298 e. The molecule has 88 valence electrons. The van der Waals surface area contributed by atoms with E-state index >= 15 is 0 Å². The molecule has 1 saturated heterocycles. The van der Waals surface area contributed by atoms with Gasteiger partial charge >= 0.3 is 5.69 Å². The van der Waals surface area contributed by atoms with Gasteiger partial charge in [0.25, 0.3) is 0 Å². The Morgan fingerprint density at radius 1 is 1.65 bits per heavy atom. The highest BCUT2D eigenvalue weighted by Crippen LogP contribution is 2.22.